The van der Waals surface area contributed by atoms with Gasteiger partial charge in [0.05, 0.1) is 12.2 Å². The number of hydrogen-bond donors (Lipinski definition) is 2. The third-order valence-corrected chi connectivity index (χ3v) is 2.55. The summed E-state index contributed by atoms with van der Waals surface area (Å²) in [5.74, 6) is 5.54. The van der Waals surface area contributed by atoms with Crippen LogP contribution < -0.4 is 11.1 Å². The highest BCUT2D eigenvalue weighted by Gasteiger charge is 2.07. The highest BCUT2D eigenvalue weighted by molar-refractivity contribution is 5.92. The van der Waals surface area contributed by atoms with Crippen LogP contribution in [0.1, 0.15) is 11.1 Å². The minimum absolute atomic E-state index is 0.109. The molecule has 1 aromatic heterocycles. The Morgan fingerprint density at radius 2 is 2.35 bits per heavy atom. The minimum atomic E-state index is -0.183. The summed E-state index contributed by atoms with van der Waals surface area (Å²) in [6, 6.07) is 5.68. The Balaban J connectivity index is 2.15. The quantitative estimate of drug-likeness (QED) is 0.796. The molecular weight excluding hydrogens is 254 g/mol. The van der Waals surface area contributed by atoms with E-state index in [9.17, 15) is 4.79 Å². The fourth-order valence-electron chi connectivity index (χ4n) is 1.67. The molecular formula is C14H15N5O. The molecule has 0 atom stereocenters. The molecule has 0 aliphatic heterocycles. The molecule has 6 nitrogen and oxygen atoms in total. The molecule has 0 saturated carbocycles. The van der Waals surface area contributed by atoms with E-state index in [-0.39, 0.29) is 19.0 Å². The van der Waals surface area contributed by atoms with Gasteiger partial charge in [0.2, 0.25) is 5.91 Å². The van der Waals surface area contributed by atoms with Crippen molar-refractivity contribution in [2.75, 3.05) is 11.9 Å². The Bertz CT molecular complexity index is 652. The molecule has 20 heavy (non-hydrogen) atoms. The number of carbonyl (C=O) groups is 1. The van der Waals surface area contributed by atoms with Crippen molar-refractivity contribution in [3.8, 4) is 11.8 Å². The number of nitrogens with one attached hydrogen (secondary N) is 1. The normalized spacial score (nSPS) is 9.70. The Labute approximate surface area is 117 Å². The molecule has 6 heteroatoms. The molecule has 2 aromatic rings. The van der Waals surface area contributed by atoms with E-state index in [1.807, 2.05) is 25.1 Å². The van der Waals surface area contributed by atoms with Gasteiger partial charge in [-0.2, -0.15) is 5.10 Å². The second kappa shape index (κ2) is 6.50. The Morgan fingerprint density at radius 1 is 1.50 bits per heavy atom. The van der Waals surface area contributed by atoms with Gasteiger partial charge in [-0.05, 0) is 24.6 Å². The molecule has 0 aliphatic carbocycles. The number of benzene rings is 1. The van der Waals surface area contributed by atoms with E-state index in [0.717, 1.165) is 11.1 Å². The van der Waals surface area contributed by atoms with Crippen LogP contribution in [-0.4, -0.2) is 27.2 Å². The lowest BCUT2D eigenvalue weighted by atomic mass is 10.1. The zero-order valence-electron chi connectivity index (χ0n) is 11.1. The first-order chi connectivity index (χ1) is 9.69. The minimum Gasteiger partial charge on any atom is -0.323 e. The number of amides is 1. The summed E-state index contributed by atoms with van der Waals surface area (Å²) in [5.41, 5.74) is 7.83. The maximum absolute atomic E-state index is 11.9. The summed E-state index contributed by atoms with van der Waals surface area (Å²) in [4.78, 5) is 15.7. The fourth-order valence-corrected chi connectivity index (χ4v) is 1.67. The number of rotatable bonds is 3. The molecule has 0 unspecified atom stereocenters. The van der Waals surface area contributed by atoms with Gasteiger partial charge in [-0.1, -0.05) is 17.9 Å². The van der Waals surface area contributed by atoms with E-state index in [4.69, 9.17) is 5.73 Å². The Morgan fingerprint density at radius 3 is 3.05 bits per heavy atom. The van der Waals surface area contributed by atoms with Crippen molar-refractivity contribution in [1.82, 2.24) is 14.8 Å². The maximum atomic E-state index is 11.9. The van der Waals surface area contributed by atoms with Crippen LogP contribution in [0.3, 0.4) is 0 Å². The van der Waals surface area contributed by atoms with Crippen LogP contribution >= 0.6 is 0 Å². The van der Waals surface area contributed by atoms with Crippen molar-refractivity contribution < 1.29 is 4.79 Å². The van der Waals surface area contributed by atoms with Gasteiger partial charge in [0, 0.05) is 5.56 Å². The lowest BCUT2D eigenvalue weighted by molar-refractivity contribution is -0.116. The first-order valence-electron chi connectivity index (χ1n) is 6.11. The van der Waals surface area contributed by atoms with Crippen LogP contribution in [0.2, 0.25) is 0 Å². The highest BCUT2D eigenvalue weighted by Crippen LogP contribution is 2.16. The predicted octanol–water partition coefficient (Wildman–Crippen LogP) is 0.535. The number of anilines is 1. The first kappa shape index (κ1) is 13.8. The fraction of sp³-hybridized carbons (Fsp3) is 0.214. The van der Waals surface area contributed by atoms with Gasteiger partial charge in [0.25, 0.3) is 0 Å². The molecule has 102 valence electrons. The molecule has 0 saturated heterocycles. The van der Waals surface area contributed by atoms with Gasteiger partial charge in [0.15, 0.2) is 0 Å². The molecule has 1 heterocycles. The van der Waals surface area contributed by atoms with Crippen molar-refractivity contribution in [2.45, 2.75) is 13.5 Å². The third kappa shape index (κ3) is 3.67. The zero-order chi connectivity index (χ0) is 14.4. The van der Waals surface area contributed by atoms with E-state index in [1.165, 1.54) is 17.3 Å². The molecule has 0 radical (unpaired) electrons. The summed E-state index contributed by atoms with van der Waals surface area (Å²) in [6.07, 6.45) is 2.88. The van der Waals surface area contributed by atoms with Crippen molar-refractivity contribution >= 4 is 11.6 Å². The zero-order valence-corrected chi connectivity index (χ0v) is 11.1. The number of hydrogen-bond acceptors (Lipinski definition) is 4. The summed E-state index contributed by atoms with van der Waals surface area (Å²) < 4.78 is 1.45. The van der Waals surface area contributed by atoms with Crippen molar-refractivity contribution in [1.29, 1.82) is 0 Å². The van der Waals surface area contributed by atoms with E-state index >= 15 is 0 Å². The first-order valence-corrected chi connectivity index (χ1v) is 6.11. The predicted molar refractivity (Wildman–Crippen MR) is 75.8 cm³/mol. The third-order valence-electron chi connectivity index (χ3n) is 2.55. The molecule has 0 spiro atoms. The van der Waals surface area contributed by atoms with Crippen LogP contribution in [0.25, 0.3) is 0 Å². The summed E-state index contributed by atoms with van der Waals surface area (Å²) in [6.45, 7) is 2.34. The van der Waals surface area contributed by atoms with Gasteiger partial charge in [-0.15, -0.1) is 0 Å². The van der Waals surface area contributed by atoms with Crippen LogP contribution in [0.15, 0.2) is 30.9 Å². The standard InChI is InChI=1S/C14H15N5O/c1-11-4-5-12(3-2-6-15)13(7-11)18-14(20)8-19-10-16-9-17-19/h4-5,7,9-10H,6,8,15H2,1H3,(H,18,20). The number of nitrogens with zero attached hydrogens (tertiary/aromatic N) is 3. The van der Waals surface area contributed by atoms with Gasteiger partial charge < -0.3 is 11.1 Å². The van der Waals surface area contributed by atoms with Crippen LogP contribution in [0.4, 0.5) is 5.69 Å². The van der Waals surface area contributed by atoms with Crippen LogP contribution in [0, 0.1) is 18.8 Å². The lowest BCUT2D eigenvalue weighted by Crippen LogP contribution is -2.19. The van der Waals surface area contributed by atoms with Crippen molar-refractivity contribution in [3.05, 3.63) is 42.0 Å². The molecule has 0 bridgehead atoms. The van der Waals surface area contributed by atoms with Crippen molar-refractivity contribution in [3.63, 3.8) is 0 Å². The average molecular weight is 269 g/mol. The molecule has 0 aliphatic rings. The summed E-state index contributed by atoms with van der Waals surface area (Å²) in [5, 5.41) is 6.72. The van der Waals surface area contributed by atoms with E-state index in [1.54, 1.807) is 0 Å². The number of nitrogens with two attached hydrogens (primary N) is 1. The number of aromatic nitrogens is 3. The monoisotopic (exact) mass is 269 g/mol. The summed E-state index contributed by atoms with van der Waals surface area (Å²) >= 11 is 0. The molecule has 1 aromatic carbocycles. The lowest BCUT2D eigenvalue weighted by Gasteiger charge is -2.08. The van der Waals surface area contributed by atoms with Gasteiger partial charge in [-0.25, -0.2) is 9.67 Å². The SMILES string of the molecule is Cc1ccc(C#CCN)c(NC(=O)Cn2cncn2)c1. The smallest absolute Gasteiger partial charge is 0.246 e. The van der Waals surface area contributed by atoms with Crippen LogP contribution in [0.5, 0.6) is 0 Å². The van der Waals surface area contributed by atoms with Gasteiger partial charge in [-0.3, -0.25) is 4.79 Å². The van der Waals surface area contributed by atoms with E-state index < -0.39 is 0 Å². The maximum Gasteiger partial charge on any atom is 0.246 e. The second-order valence-corrected chi connectivity index (χ2v) is 4.20. The van der Waals surface area contributed by atoms with Gasteiger partial charge >= 0.3 is 0 Å². The molecule has 0 fully saturated rings. The average Bonchev–Trinajstić information content (AvgIpc) is 2.90. The molecule has 2 rings (SSSR count). The van der Waals surface area contributed by atoms with Gasteiger partial charge in [0.1, 0.15) is 19.2 Å². The highest BCUT2D eigenvalue weighted by atomic mass is 16.2. The largest absolute Gasteiger partial charge is 0.323 e. The topological polar surface area (TPSA) is 85.8 Å². The Kier molecular flexibility index (Phi) is 4.47. The van der Waals surface area contributed by atoms with E-state index in [2.05, 4.69) is 27.2 Å². The Hall–Kier alpha value is -2.65. The number of carbonyl (C=O) groups excluding carboxylic acids is 1. The van der Waals surface area contributed by atoms with Crippen LogP contribution in [-0.2, 0) is 11.3 Å². The summed E-state index contributed by atoms with van der Waals surface area (Å²) in [7, 11) is 0. The number of aryl methyl sites for hydroxylation is 1. The second-order valence-electron chi connectivity index (χ2n) is 4.20. The van der Waals surface area contributed by atoms with Crippen molar-refractivity contribution in [2.24, 2.45) is 5.73 Å². The van der Waals surface area contributed by atoms with E-state index in [0.29, 0.717) is 5.69 Å². The molecule has 3 N–H and O–H groups in total. The molecule has 1 amide bonds.